The number of nitrogens with zero attached hydrogens (tertiary/aromatic N) is 3. The minimum atomic E-state index is -0.171. The summed E-state index contributed by atoms with van der Waals surface area (Å²) in [6.45, 7) is 4.91. The fraction of sp³-hybridized carbons (Fsp3) is 0.778. The van der Waals surface area contributed by atoms with Gasteiger partial charge in [0.25, 0.3) is 0 Å². The van der Waals surface area contributed by atoms with Crippen LogP contribution >= 0.6 is 0 Å². The van der Waals surface area contributed by atoms with Crippen molar-refractivity contribution in [3.63, 3.8) is 0 Å². The summed E-state index contributed by atoms with van der Waals surface area (Å²) in [6.07, 6.45) is 2.55. The third-order valence-corrected chi connectivity index (χ3v) is 2.44. The van der Waals surface area contributed by atoms with E-state index in [1.807, 2.05) is 6.92 Å². The largest absolute Gasteiger partial charge is 0.338 e. The highest BCUT2D eigenvalue weighted by atomic mass is 16.5. The van der Waals surface area contributed by atoms with Crippen LogP contribution in [0.5, 0.6) is 0 Å². The molecule has 2 N–H and O–H groups in total. The number of nitrogens with two attached hydrogens (primary N) is 1. The lowest BCUT2D eigenvalue weighted by molar-refractivity contribution is 0.307. The molecule has 1 unspecified atom stereocenters. The van der Waals surface area contributed by atoms with Gasteiger partial charge in [-0.3, -0.25) is 4.90 Å². The van der Waals surface area contributed by atoms with Gasteiger partial charge in [0.15, 0.2) is 5.82 Å². The highest BCUT2D eigenvalue weighted by Gasteiger charge is 2.16. The fourth-order valence-corrected chi connectivity index (χ4v) is 1.66. The Balaban J connectivity index is 1.95. The SMILES string of the molecule is CC(N)c1nc(CN2CCCC2)no1. The molecule has 0 radical (unpaired) electrons. The van der Waals surface area contributed by atoms with Crippen LogP contribution in [0.15, 0.2) is 4.52 Å². The Morgan fingerprint density at radius 2 is 2.21 bits per heavy atom. The molecule has 2 heterocycles. The van der Waals surface area contributed by atoms with Crippen LogP contribution in [0.1, 0.15) is 37.5 Å². The van der Waals surface area contributed by atoms with Crippen molar-refractivity contribution in [2.75, 3.05) is 13.1 Å². The smallest absolute Gasteiger partial charge is 0.243 e. The van der Waals surface area contributed by atoms with Crippen LogP contribution in [-0.4, -0.2) is 28.1 Å². The number of hydrogen-bond acceptors (Lipinski definition) is 5. The van der Waals surface area contributed by atoms with Gasteiger partial charge in [0.05, 0.1) is 12.6 Å². The maximum atomic E-state index is 5.63. The van der Waals surface area contributed by atoms with Crippen molar-refractivity contribution in [3.05, 3.63) is 11.7 Å². The predicted octanol–water partition coefficient (Wildman–Crippen LogP) is 0.685. The van der Waals surface area contributed by atoms with Gasteiger partial charge in [-0.15, -0.1) is 0 Å². The maximum Gasteiger partial charge on any atom is 0.243 e. The molecule has 0 aromatic carbocycles. The Bertz CT molecular complexity index is 291. The Hall–Kier alpha value is -0.940. The summed E-state index contributed by atoms with van der Waals surface area (Å²) < 4.78 is 5.02. The zero-order valence-electron chi connectivity index (χ0n) is 8.44. The second-order valence-electron chi connectivity index (χ2n) is 3.82. The van der Waals surface area contributed by atoms with Gasteiger partial charge in [0.1, 0.15) is 0 Å². The van der Waals surface area contributed by atoms with Gasteiger partial charge in [-0.05, 0) is 32.9 Å². The molecule has 0 spiro atoms. The molecule has 5 nitrogen and oxygen atoms in total. The zero-order valence-corrected chi connectivity index (χ0v) is 8.44. The van der Waals surface area contributed by atoms with Crippen molar-refractivity contribution in [3.8, 4) is 0 Å². The first-order valence-electron chi connectivity index (χ1n) is 5.06. The summed E-state index contributed by atoms with van der Waals surface area (Å²) in [7, 11) is 0. The van der Waals surface area contributed by atoms with Gasteiger partial charge < -0.3 is 10.3 Å². The molecule has 1 fully saturated rings. The molecule has 0 bridgehead atoms. The van der Waals surface area contributed by atoms with E-state index in [0.717, 1.165) is 25.5 Å². The minimum absolute atomic E-state index is 0.171. The maximum absolute atomic E-state index is 5.63. The first kappa shape index (κ1) is 9.61. The molecule has 1 atom stereocenters. The first-order valence-corrected chi connectivity index (χ1v) is 5.06. The normalized spacial score (nSPS) is 20.1. The lowest BCUT2D eigenvalue weighted by Crippen LogP contribution is -2.19. The molecule has 78 valence electrons. The molecule has 2 rings (SSSR count). The van der Waals surface area contributed by atoms with E-state index < -0.39 is 0 Å². The Kier molecular flexibility index (Phi) is 2.79. The predicted molar refractivity (Wildman–Crippen MR) is 51.4 cm³/mol. The summed E-state index contributed by atoms with van der Waals surface area (Å²) in [6, 6.07) is -0.171. The average molecular weight is 196 g/mol. The Labute approximate surface area is 83.3 Å². The molecule has 1 saturated heterocycles. The van der Waals surface area contributed by atoms with Crippen LogP contribution in [0.25, 0.3) is 0 Å². The average Bonchev–Trinajstić information content (AvgIpc) is 2.75. The molecule has 1 aliphatic rings. The van der Waals surface area contributed by atoms with Crippen molar-refractivity contribution in [2.24, 2.45) is 5.73 Å². The first-order chi connectivity index (χ1) is 6.75. The van der Waals surface area contributed by atoms with Gasteiger partial charge in [-0.1, -0.05) is 5.16 Å². The molecular formula is C9H16N4O. The fourth-order valence-electron chi connectivity index (χ4n) is 1.66. The number of aromatic nitrogens is 2. The topological polar surface area (TPSA) is 68.2 Å². The summed E-state index contributed by atoms with van der Waals surface area (Å²) in [5.41, 5.74) is 5.63. The molecule has 1 aliphatic heterocycles. The van der Waals surface area contributed by atoms with Crippen molar-refractivity contribution in [2.45, 2.75) is 32.4 Å². The Morgan fingerprint density at radius 3 is 2.79 bits per heavy atom. The quantitative estimate of drug-likeness (QED) is 0.770. The third kappa shape index (κ3) is 2.10. The van der Waals surface area contributed by atoms with Crippen molar-refractivity contribution >= 4 is 0 Å². The van der Waals surface area contributed by atoms with Crippen LogP contribution in [0.3, 0.4) is 0 Å². The van der Waals surface area contributed by atoms with E-state index in [4.69, 9.17) is 10.3 Å². The monoisotopic (exact) mass is 196 g/mol. The van der Waals surface area contributed by atoms with E-state index >= 15 is 0 Å². The highest BCUT2D eigenvalue weighted by Crippen LogP contribution is 2.12. The highest BCUT2D eigenvalue weighted by molar-refractivity contribution is 4.90. The minimum Gasteiger partial charge on any atom is -0.338 e. The van der Waals surface area contributed by atoms with Gasteiger partial charge in [0.2, 0.25) is 5.89 Å². The van der Waals surface area contributed by atoms with Crippen molar-refractivity contribution < 1.29 is 4.52 Å². The standard InChI is InChI=1S/C9H16N4O/c1-7(10)9-11-8(12-14-9)6-13-4-2-3-5-13/h7H,2-6,10H2,1H3. The Morgan fingerprint density at radius 1 is 1.50 bits per heavy atom. The molecule has 5 heteroatoms. The molecule has 14 heavy (non-hydrogen) atoms. The van der Waals surface area contributed by atoms with Crippen molar-refractivity contribution in [1.29, 1.82) is 0 Å². The van der Waals surface area contributed by atoms with Crippen molar-refractivity contribution in [1.82, 2.24) is 15.0 Å². The second kappa shape index (κ2) is 4.06. The van der Waals surface area contributed by atoms with Gasteiger partial charge in [-0.25, -0.2) is 0 Å². The van der Waals surface area contributed by atoms with Crippen LogP contribution in [0, 0.1) is 0 Å². The van der Waals surface area contributed by atoms with Gasteiger partial charge in [0, 0.05) is 0 Å². The van der Waals surface area contributed by atoms with E-state index in [1.54, 1.807) is 0 Å². The van der Waals surface area contributed by atoms with Gasteiger partial charge in [-0.2, -0.15) is 4.98 Å². The summed E-state index contributed by atoms with van der Waals surface area (Å²) in [4.78, 5) is 6.56. The summed E-state index contributed by atoms with van der Waals surface area (Å²) >= 11 is 0. The van der Waals surface area contributed by atoms with Crippen LogP contribution < -0.4 is 5.73 Å². The lowest BCUT2D eigenvalue weighted by atomic mass is 10.4. The van der Waals surface area contributed by atoms with E-state index in [2.05, 4.69) is 15.0 Å². The van der Waals surface area contributed by atoms with E-state index in [9.17, 15) is 0 Å². The number of likely N-dealkylation sites (tertiary alicyclic amines) is 1. The van der Waals surface area contributed by atoms with E-state index in [1.165, 1.54) is 12.8 Å². The molecule has 0 amide bonds. The van der Waals surface area contributed by atoms with E-state index in [-0.39, 0.29) is 6.04 Å². The van der Waals surface area contributed by atoms with E-state index in [0.29, 0.717) is 5.89 Å². The molecule has 0 saturated carbocycles. The third-order valence-electron chi connectivity index (χ3n) is 2.44. The second-order valence-corrected chi connectivity index (χ2v) is 3.82. The number of hydrogen-bond donors (Lipinski definition) is 1. The molecule has 1 aromatic rings. The zero-order chi connectivity index (χ0) is 9.97. The number of rotatable bonds is 3. The van der Waals surface area contributed by atoms with Crippen LogP contribution in [-0.2, 0) is 6.54 Å². The van der Waals surface area contributed by atoms with Gasteiger partial charge >= 0.3 is 0 Å². The summed E-state index contributed by atoms with van der Waals surface area (Å²) in [5.74, 6) is 1.28. The molecular weight excluding hydrogens is 180 g/mol. The van der Waals surface area contributed by atoms with Crippen LogP contribution in [0.2, 0.25) is 0 Å². The molecule has 1 aromatic heterocycles. The lowest BCUT2D eigenvalue weighted by Gasteiger charge is -2.10. The summed E-state index contributed by atoms with van der Waals surface area (Å²) in [5, 5.41) is 3.89. The molecule has 0 aliphatic carbocycles. The van der Waals surface area contributed by atoms with Crippen LogP contribution in [0.4, 0.5) is 0 Å².